The first kappa shape index (κ1) is 9.01. The lowest BCUT2D eigenvalue weighted by Crippen LogP contribution is -1.97. The maximum Gasteiger partial charge on any atom is 0.171 e. The molecule has 0 atom stereocenters. The molecule has 70 valence electrons. The molecule has 14 heavy (non-hydrogen) atoms. The van der Waals surface area contributed by atoms with Crippen molar-refractivity contribution in [3.05, 3.63) is 34.7 Å². The first-order chi connectivity index (χ1) is 6.79. The molecule has 0 amide bonds. The molecule has 0 radical (unpaired) electrons. The predicted molar refractivity (Wildman–Crippen MR) is 52.2 cm³/mol. The van der Waals surface area contributed by atoms with Crippen molar-refractivity contribution in [1.29, 1.82) is 0 Å². The largest absolute Gasteiger partial charge is 0.296 e. The summed E-state index contributed by atoms with van der Waals surface area (Å²) >= 11 is 3.27. The van der Waals surface area contributed by atoms with Gasteiger partial charge in [-0.05, 0) is 28.1 Å². The van der Waals surface area contributed by atoms with Gasteiger partial charge in [0.05, 0.1) is 6.20 Å². The van der Waals surface area contributed by atoms with Crippen LogP contribution in [0, 0.1) is 0 Å². The van der Waals surface area contributed by atoms with Crippen molar-refractivity contribution in [2.24, 2.45) is 0 Å². The van der Waals surface area contributed by atoms with Crippen LogP contribution in [0.1, 0.15) is 10.5 Å². The van der Waals surface area contributed by atoms with E-state index in [2.05, 4.69) is 31.2 Å². The van der Waals surface area contributed by atoms with Crippen molar-refractivity contribution in [1.82, 2.24) is 20.0 Å². The lowest BCUT2D eigenvalue weighted by Gasteiger charge is -1.97. The van der Waals surface area contributed by atoms with Gasteiger partial charge in [-0.3, -0.25) is 4.79 Å². The molecule has 0 saturated carbocycles. The van der Waals surface area contributed by atoms with E-state index in [1.54, 1.807) is 12.3 Å². The van der Waals surface area contributed by atoms with E-state index < -0.39 is 0 Å². The zero-order valence-electron chi connectivity index (χ0n) is 6.96. The molecule has 0 unspecified atom stereocenters. The number of carbonyl (C=O) groups excluding carboxylic acids is 1. The van der Waals surface area contributed by atoms with Crippen molar-refractivity contribution in [3.8, 4) is 5.82 Å². The van der Waals surface area contributed by atoms with Gasteiger partial charge in [-0.25, -0.2) is 9.67 Å². The number of hydrogen-bond donors (Lipinski definition) is 0. The molecular formula is C8H5BrN4O. The van der Waals surface area contributed by atoms with Crippen LogP contribution in [0.4, 0.5) is 0 Å². The Kier molecular flexibility index (Phi) is 2.36. The monoisotopic (exact) mass is 252 g/mol. The zero-order valence-corrected chi connectivity index (χ0v) is 8.55. The molecule has 0 N–H and O–H groups in total. The molecule has 0 aliphatic carbocycles. The van der Waals surface area contributed by atoms with E-state index in [0.717, 1.165) is 4.47 Å². The van der Waals surface area contributed by atoms with E-state index in [1.165, 1.54) is 10.9 Å². The van der Waals surface area contributed by atoms with Crippen molar-refractivity contribution < 1.29 is 4.79 Å². The van der Waals surface area contributed by atoms with Crippen molar-refractivity contribution in [2.75, 3.05) is 0 Å². The summed E-state index contributed by atoms with van der Waals surface area (Å²) < 4.78 is 2.33. The van der Waals surface area contributed by atoms with Crippen LogP contribution in [-0.2, 0) is 0 Å². The predicted octanol–water partition coefficient (Wildman–Crippen LogP) is 1.24. The molecular weight excluding hydrogens is 248 g/mol. The quantitative estimate of drug-likeness (QED) is 0.755. The minimum Gasteiger partial charge on any atom is -0.296 e. The Balaban J connectivity index is 2.39. The van der Waals surface area contributed by atoms with Crippen LogP contribution < -0.4 is 0 Å². The van der Waals surface area contributed by atoms with E-state index in [-0.39, 0.29) is 5.69 Å². The highest BCUT2D eigenvalue weighted by atomic mass is 79.9. The van der Waals surface area contributed by atoms with E-state index in [9.17, 15) is 4.79 Å². The van der Waals surface area contributed by atoms with Gasteiger partial charge in [0, 0.05) is 10.7 Å². The summed E-state index contributed by atoms with van der Waals surface area (Å²) in [5.74, 6) is 0.619. The van der Waals surface area contributed by atoms with Crippen molar-refractivity contribution in [3.63, 3.8) is 0 Å². The van der Waals surface area contributed by atoms with Gasteiger partial charge in [0.2, 0.25) is 0 Å². The average Bonchev–Trinajstić information content (AvgIpc) is 2.67. The number of carbonyl (C=O) groups is 1. The van der Waals surface area contributed by atoms with E-state index >= 15 is 0 Å². The SMILES string of the molecule is O=Cc1cn(-c2ccc(Br)cn2)nn1. The first-order valence-electron chi connectivity index (χ1n) is 3.79. The van der Waals surface area contributed by atoms with E-state index in [0.29, 0.717) is 12.1 Å². The number of nitrogens with zero attached hydrogens (tertiary/aromatic N) is 4. The summed E-state index contributed by atoms with van der Waals surface area (Å²) in [7, 11) is 0. The van der Waals surface area contributed by atoms with Crippen LogP contribution >= 0.6 is 15.9 Å². The minimum atomic E-state index is 0.287. The molecule has 2 rings (SSSR count). The summed E-state index contributed by atoms with van der Waals surface area (Å²) in [6.45, 7) is 0. The van der Waals surface area contributed by atoms with Gasteiger partial charge < -0.3 is 0 Å². The second-order valence-electron chi connectivity index (χ2n) is 2.54. The highest BCUT2D eigenvalue weighted by Crippen LogP contribution is 2.09. The Morgan fingerprint density at radius 2 is 2.29 bits per heavy atom. The smallest absolute Gasteiger partial charge is 0.171 e. The van der Waals surface area contributed by atoms with E-state index in [4.69, 9.17) is 0 Å². The average molecular weight is 253 g/mol. The van der Waals surface area contributed by atoms with Gasteiger partial charge in [0.25, 0.3) is 0 Å². The summed E-state index contributed by atoms with van der Waals surface area (Å²) in [6, 6.07) is 3.61. The highest BCUT2D eigenvalue weighted by Gasteiger charge is 2.01. The highest BCUT2D eigenvalue weighted by molar-refractivity contribution is 9.10. The Hall–Kier alpha value is -1.56. The van der Waals surface area contributed by atoms with Crippen molar-refractivity contribution >= 4 is 22.2 Å². The van der Waals surface area contributed by atoms with Gasteiger partial charge in [0.1, 0.15) is 5.69 Å². The second kappa shape index (κ2) is 3.67. The third kappa shape index (κ3) is 1.69. The number of halogens is 1. The normalized spacial score (nSPS) is 10.1. The van der Waals surface area contributed by atoms with Crippen LogP contribution in [0.3, 0.4) is 0 Å². The fraction of sp³-hybridized carbons (Fsp3) is 0. The number of pyridine rings is 1. The Bertz CT molecular complexity index is 451. The first-order valence-corrected chi connectivity index (χ1v) is 4.58. The lowest BCUT2D eigenvalue weighted by atomic mass is 10.4. The van der Waals surface area contributed by atoms with Crippen LogP contribution in [-0.4, -0.2) is 26.3 Å². The van der Waals surface area contributed by atoms with Gasteiger partial charge in [-0.15, -0.1) is 5.10 Å². The van der Waals surface area contributed by atoms with Gasteiger partial charge >= 0.3 is 0 Å². The maximum atomic E-state index is 10.4. The summed E-state index contributed by atoms with van der Waals surface area (Å²) in [5.41, 5.74) is 0.287. The van der Waals surface area contributed by atoms with Crippen LogP contribution in [0.25, 0.3) is 5.82 Å². The molecule has 0 bridgehead atoms. The van der Waals surface area contributed by atoms with Gasteiger partial charge in [-0.2, -0.15) is 0 Å². The van der Waals surface area contributed by atoms with Crippen LogP contribution in [0.2, 0.25) is 0 Å². The second-order valence-corrected chi connectivity index (χ2v) is 3.46. The maximum absolute atomic E-state index is 10.4. The molecule has 0 saturated heterocycles. The zero-order chi connectivity index (χ0) is 9.97. The standard InChI is InChI=1S/C8H5BrN4O/c9-6-1-2-8(10-3-6)13-4-7(5-14)11-12-13/h1-5H. The molecule has 2 aromatic heterocycles. The Morgan fingerprint density at radius 1 is 1.43 bits per heavy atom. The lowest BCUT2D eigenvalue weighted by molar-refractivity contribution is 0.111. The van der Waals surface area contributed by atoms with Crippen molar-refractivity contribution in [2.45, 2.75) is 0 Å². The summed E-state index contributed by atoms with van der Waals surface area (Å²) in [5, 5.41) is 7.37. The van der Waals surface area contributed by atoms with Gasteiger partial charge in [0.15, 0.2) is 12.1 Å². The Labute approximate surface area is 87.9 Å². The summed E-state index contributed by atoms with van der Waals surface area (Å²) in [6.07, 6.45) is 3.81. The van der Waals surface area contributed by atoms with E-state index in [1.807, 2.05) is 6.07 Å². The third-order valence-corrected chi connectivity index (χ3v) is 2.05. The Morgan fingerprint density at radius 3 is 2.86 bits per heavy atom. The molecule has 5 nitrogen and oxygen atoms in total. The molecule has 0 fully saturated rings. The number of aldehydes is 1. The molecule has 0 spiro atoms. The van der Waals surface area contributed by atoms with Gasteiger partial charge in [-0.1, -0.05) is 5.21 Å². The third-order valence-electron chi connectivity index (χ3n) is 1.58. The number of rotatable bonds is 2. The number of hydrogen-bond acceptors (Lipinski definition) is 4. The molecule has 2 aromatic rings. The fourth-order valence-corrected chi connectivity index (χ4v) is 1.18. The van der Waals surface area contributed by atoms with Crippen LogP contribution in [0.15, 0.2) is 29.0 Å². The molecule has 6 heteroatoms. The minimum absolute atomic E-state index is 0.287. The van der Waals surface area contributed by atoms with Crippen LogP contribution in [0.5, 0.6) is 0 Å². The molecule has 0 aliphatic rings. The molecule has 0 aromatic carbocycles. The summed E-state index contributed by atoms with van der Waals surface area (Å²) in [4.78, 5) is 14.5. The number of aromatic nitrogens is 4. The molecule has 2 heterocycles. The molecule has 0 aliphatic heterocycles. The topological polar surface area (TPSA) is 60.7 Å². The fourth-order valence-electron chi connectivity index (χ4n) is 0.946.